The summed E-state index contributed by atoms with van der Waals surface area (Å²) in [5.74, 6) is 0.452. The molecule has 3 N–H and O–H groups in total. The van der Waals surface area contributed by atoms with Crippen LogP contribution in [0.25, 0.3) is 10.9 Å². The quantitative estimate of drug-likeness (QED) is 0.489. The molecule has 0 saturated carbocycles. The van der Waals surface area contributed by atoms with Crippen molar-refractivity contribution in [2.75, 3.05) is 0 Å². The van der Waals surface area contributed by atoms with Crippen LogP contribution in [0.1, 0.15) is 42.6 Å². The molecule has 0 spiro atoms. The largest absolute Gasteiger partial charge is 0.369 e. The fraction of sp³-hybridized carbons (Fsp3) is 0.261. The molecule has 1 heterocycles. The van der Waals surface area contributed by atoms with Crippen LogP contribution < -0.4 is 11.1 Å². The zero-order valence-corrected chi connectivity index (χ0v) is 16.4. The molecule has 5 nitrogen and oxygen atoms in total. The van der Waals surface area contributed by atoms with Crippen LogP contribution in [0.3, 0.4) is 0 Å². The number of benzene rings is 2. The second-order valence-electron chi connectivity index (χ2n) is 7.01. The van der Waals surface area contributed by atoms with Crippen molar-refractivity contribution in [3.8, 4) is 0 Å². The van der Waals surface area contributed by atoms with E-state index >= 15 is 0 Å². The van der Waals surface area contributed by atoms with Crippen molar-refractivity contribution < 1.29 is 4.79 Å². The third-order valence-corrected chi connectivity index (χ3v) is 4.97. The van der Waals surface area contributed by atoms with Crippen molar-refractivity contribution in [2.45, 2.75) is 33.1 Å². The number of nitrogens with two attached hydrogens (primary N) is 1. The maximum Gasteiger partial charge on any atom is 0.258 e. The van der Waals surface area contributed by atoms with Crippen LogP contribution in [0.5, 0.6) is 0 Å². The van der Waals surface area contributed by atoms with Crippen molar-refractivity contribution >= 4 is 28.5 Å². The SMILES string of the molecule is CCC(C)CCc1ccccc1N=C(N)NC(=O)c1ccnc2ccccc12. The molecule has 144 valence electrons. The van der Waals surface area contributed by atoms with Crippen molar-refractivity contribution in [3.05, 3.63) is 71.9 Å². The van der Waals surface area contributed by atoms with E-state index in [0.717, 1.165) is 41.4 Å². The van der Waals surface area contributed by atoms with Gasteiger partial charge in [0.1, 0.15) is 0 Å². The summed E-state index contributed by atoms with van der Waals surface area (Å²) in [4.78, 5) is 21.4. The van der Waals surface area contributed by atoms with E-state index < -0.39 is 0 Å². The second kappa shape index (κ2) is 9.13. The molecule has 28 heavy (non-hydrogen) atoms. The normalized spacial score (nSPS) is 12.7. The first-order valence-corrected chi connectivity index (χ1v) is 9.65. The number of guanidine groups is 1. The minimum Gasteiger partial charge on any atom is -0.369 e. The second-order valence-corrected chi connectivity index (χ2v) is 7.01. The average molecular weight is 374 g/mol. The van der Waals surface area contributed by atoms with Gasteiger partial charge >= 0.3 is 0 Å². The highest BCUT2D eigenvalue weighted by molar-refractivity contribution is 6.12. The van der Waals surface area contributed by atoms with Gasteiger partial charge in [0.2, 0.25) is 5.96 Å². The van der Waals surface area contributed by atoms with Gasteiger partial charge in [-0.05, 0) is 42.5 Å². The molecule has 1 aromatic heterocycles. The van der Waals surface area contributed by atoms with Crippen LogP contribution in [0.2, 0.25) is 0 Å². The van der Waals surface area contributed by atoms with Crippen LogP contribution in [-0.2, 0) is 6.42 Å². The van der Waals surface area contributed by atoms with Crippen molar-refractivity contribution in [2.24, 2.45) is 16.6 Å². The van der Waals surface area contributed by atoms with E-state index in [4.69, 9.17) is 5.73 Å². The van der Waals surface area contributed by atoms with Gasteiger partial charge in [0, 0.05) is 11.6 Å². The Labute approximate surface area is 165 Å². The van der Waals surface area contributed by atoms with Crippen molar-refractivity contribution in [3.63, 3.8) is 0 Å². The Morgan fingerprint density at radius 1 is 1.14 bits per heavy atom. The first-order chi connectivity index (χ1) is 13.6. The number of aliphatic imine (C=N–C) groups is 1. The summed E-state index contributed by atoms with van der Waals surface area (Å²) >= 11 is 0. The maximum atomic E-state index is 12.7. The third kappa shape index (κ3) is 4.74. The van der Waals surface area contributed by atoms with Crippen LogP contribution in [-0.4, -0.2) is 16.9 Å². The summed E-state index contributed by atoms with van der Waals surface area (Å²) in [6, 6.07) is 17.1. The number of amides is 1. The summed E-state index contributed by atoms with van der Waals surface area (Å²) in [5, 5.41) is 3.48. The summed E-state index contributed by atoms with van der Waals surface area (Å²) in [5.41, 5.74) is 9.26. The number of aromatic nitrogens is 1. The molecule has 0 fully saturated rings. The van der Waals surface area contributed by atoms with Gasteiger partial charge in [-0.25, -0.2) is 4.99 Å². The lowest BCUT2D eigenvalue weighted by molar-refractivity contribution is 0.0978. The van der Waals surface area contributed by atoms with Gasteiger partial charge in [0.05, 0.1) is 16.8 Å². The zero-order chi connectivity index (χ0) is 19.9. The Balaban J connectivity index is 1.78. The van der Waals surface area contributed by atoms with E-state index in [1.54, 1.807) is 12.3 Å². The molecule has 0 aliphatic rings. The van der Waals surface area contributed by atoms with Gasteiger partial charge in [-0.1, -0.05) is 56.7 Å². The molecular weight excluding hydrogens is 348 g/mol. The number of rotatable bonds is 6. The lowest BCUT2D eigenvalue weighted by Gasteiger charge is -2.11. The van der Waals surface area contributed by atoms with Gasteiger partial charge < -0.3 is 5.73 Å². The Kier molecular flexibility index (Phi) is 6.37. The molecule has 3 aromatic rings. The Bertz CT molecular complexity index is 991. The number of carbonyl (C=O) groups excluding carboxylic acids is 1. The first kappa shape index (κ1) is 19.5. The molecule has 0 aliphatic carbocycles. The summed E-state index contributed by atoms with van der Waals surface area (Å²) in [6.45, 7) is 4.45. The van der Waals surface area contributed by atoms with Crippen LogP contribution >= 0.6 is 0 Å². The van der Waals surface area contributed by atoms with E-state index in [1.165, 1.54) is 0 Å². The average Bonchev–Trinajstić information content (AvgIpc) is 2.72. The predicted molar refractivity (Wildman–Crippen MR) is 115 cm³/mol. The van der Waals surface area contributed by atoms with Gasteiger partial charge in [-0.2, -0.15) is 0 Å². The van der Waals surface area contributed by atoms with E-state index in [-0.39, 0.29) is 11.9 Å². The molecule has 0 bridgehead atoms. The van der Waals surface area contributed by atoms with Gasteiger partial charge in [0.15, 0.2) is 0 Å². The van der Waals surface area contributed by atoms with E-state index in [9.17, 15) is 4.79 Å². The molecule has 1 unspecified atom stereocenters. The minimum absolute atomic E-state index is 0.0851. The number of para-hydroxylation sites is 2. The topological polar surface area (TPSA) is 80.4 Å². The number of carbonyl (C=O) groups is 1. The molecule has 5 heteroatoms. The Hall–Kier alpha value is -3.21. The monoisotopic (exact) mass is 374 g/mol. The molecule has 3 rings (SSSR count). The Morgan fingerprint density at radius 2 is 1.89 bits per heavy atom. The fourth-order valence-electron chi connectivity index (χ4n) is 3.07. The minimum atomic E-state index is -0.295. The van der Waals surface area contributed by atoms with E-state index in [0.29, 0.717) is 11.5 Å². The number of nitrogens with zero attached hydrogens (tertiary/aromatic N) is 2. The van der Waals surface area contributed by atoms with Crippen LogP contribution in [0.4, 0.5) is 5.69 Å². The third-order valence-electron chi connectivity index (χ3n) is 4.97. The zero-order valence-electron chi connectivity index (χ0n) is 16.4. The highest BCUT2D eigenvalue weighted by Crippen LogP contribution is 2.22. The van der Waals surface area contributed by atoms with Crippen molar-refractivity contribution in [1.29, 1.82) is 0 Å². The molecule has 0 radical (unpaired) electrons. The predicted octanol–water partition coefficient (Wildman–Crippen LogP) is 4.59. The van der Waals surface area contributed by atoms with Crippen LogP contribution in [0.15, 0.2) is 65.8 Å². The summed E-state index contributed by atoms with van der Waals surface area (Å²) in [6.07, 6.45) is 4.81. The molecule has 1 amide bonds. The highest BCUT2D eigenvalue weighted by atomic mass is 16.1. The molecule has 2 aromatic carbocycles. The van der Waals surface area contributed by atoms with Crippen molar-refractivity contribution in [1.82, 2.24) is 10.3 Å². The number of nitrogens with one attached hydrogen (secondary N) is 1. The molecule has 1 atom stereocenters. The molecule has 0 saturated heterocycles. The molecular formula is C23H26N4O. The lowest BCUT2D eigenvalue weighted by atomic mass is 9.98. The number of hydrogen-bond acceptors (Lipinski definition) is 3. The van der Waals surface area contributed by atoms with Gasteiger partial charge in [0.25, 0.3) is 5.91 Å². The molecule has 0 aliphatic heterocycles. The van der Waals surface area contributed by atoms with E-state index in [1.807, 2.05) is 42.5 Å². The number of aryl methyl sites for hydroxylation is 1. The van der Waals surface area contributed by atoms with Crippen LogP contribution in [0, 0.1) is 5.92 Å². The number of hydrogen-bond donors (Lipinski definition) is 2. The van der Waals surface area contributed by atoms with Gasteiger partial charge in [-0.3, -0.25) is 15.1 Å². The lowest BCUT2D eigenvalue weighted by Crippen LogP contribution is -2.36. The van der Waals surface area contributed by atoms with E-state index in [2.05, 4.69) is 35.2 Å². The smallest absolute Gasteiger partial charge is 0.258 e. The summed E-state index contributed by atoms with van der Waals surface area (Å²) < 4.78 is 0. The number of pyridine rings is 1. The first-order valence-electron chi connectivity index (χ1n) is 9.65. The Morgan fingerprint density at radius 3 is 2.71 bits per heavy atom. The summed E-state index contributed by atoms with van der Waals surface area (Å²) in [7, 11) is 0. The maximum absolute atomic E-state index is 12.7. The highest BCUT2D eigenvalue weighted by Gasteiger charge is 2.12. The standard InChI is InChI=1S/C23H26N4O/c1-3-16(2)12-13-17-8-4-6-10-20(17)26-23(24)27-22(28)19-14-15-25-21-11-7-5-9-18(19)21/h4-11,14-16H,3,12-13H2,1-2H3,(H3,24,26,27,28). The number of fused-ring (bicyclic) bond motifs is 1. The fourth-order valence-corrected chi connectivity index (χ4v) is 3.07. The van der Waals surface area contributed by atoms with Gasteiger partial charge in [-0.15, -0.1) is 0 Å².